The number of benzene rings is 1. The number of nitrogens with zero attached hydrogens (tertiary/aromatic N) is 3. The summed E-state index contributed by atoms with van der Waals surface area (Å²) in [6, 6.07) is 3.62. The minimum absolute atomic E-state index is 0.00259. The maximum absolute atomic E-state index is 15.4. The van der Waals surface area contributed by atoms with Crippen molar-refractivity contribution < 1.29 is 26.7 Å². The number of fused-ring (bicyclic) bond motifs is 1. The molecule has 0 aliphatic heterocycles. The molecule has 1 aromatic carbocycles. The Morgan fingerprint density at radius 3 is 2.38 bits per heavy atom. The number of methoxy groups -OCH3 is 1. The summed E-state index contributed by atoms with van der Waals surface area (Å²) in [6.07, 6.45) is -1.45. The molecular weight excluding hydrogens is 499 g/mol. The number of nitrogens with one attached hydrogen (secondary N) is 1. The topological polar surface area (TPSA) is 78.2 Å². The Hall–Kier alpha value is -3.28. The minimum Gasteiger partial charge on any atom is -0.372 e. The van der Waals surface area contributed by atoms with E-state index < -0.39 is 52.0 Å². The van der Waals surface area contributed by atoms with Gasteiger partial charge in [-0.05, 0) is 39.7 Å². The second-order valence-electron chi connectivity index (χ2n) is 9.85. The number of aromatic nitrogens is 3. The third-order valence-electron chi connectivity index (χ3n) is 7.18. The second kappa shape index (κ2) is 8.93. The summed E-state index contributed by atoms with van der Waals surface area (Å²) in [5, 5.41) is 7.04. The van der Waals surface area contributed by atoms with Crippen LogP contribution in [0.2, 0.25) is 0 Å². The average Bonchev–Trinajstić information content (AvgIpc) is 3.64. The number of aryl methyl sites for hydroxylation is 1. The molecule has 37 heavy (non-hydrogen) atoms. The lowest BCUT2D eigenvalue weighted by Gasteiger charge is -2.33. The van der Waals surface area contributed by atoms with Crippen LogP contribution in [0.5, 0.6) is 0 Å². The monoisotopic (exact) mass is 526 g/mol. The van der Waals surface area contributed by atoms with E-state index in [0.29, 0.717) is 0 Å². The fraction of sp³-hybridized carbons (Fsp3) is 0.480. The van der Waals surface area contributed by atoms with E-state index in [9.17, 15) is 18.4 Å². The molecule has 1 fully saturated rings. The summed E-state index contributed by atoms with van der Waals surface area (Å²) < 4.78 is 79.9. The van der Waals surface area contributed by atoms with E-state index in [2.05, 4.69) is 10.4 Å². The van der Waals surface area contributed by atoms with Crippen molar-refractivity contribution in [1.29, 1.82) is 0 Å². The molecule has 3 aromatic rings. The summed E-state index contributed by atoms with van der Waals surface area (Å²) in [4.78, 5) is 25.3. The Morgan fingerprint density at radius 1 is 1.16 bits per heavy atom. The van der Waals surface area contributed by atoms with Gasteiger partial charge in [0.1, 0.15) is 17.0 Å². The van der Waals surface area contributed by atoms with E-state index in [-0.39, 0.29) is 35.0 Å². The van der Waals surface area contributed by atoms with Crippen molar-refractivity contribution in [3.63, 3.8) is 0 Å². The number of anilines is 1. The zero-order valence-electron chi connectivity index (χ0n) is 20.9. The van der Waals surface area contributed by atoms with E-state index in [1.165, 1.54) is 26.1 Å². The standard InChI is InChI=1S/C25H27F5N4O3/c1-13(14-7-6-8-17(19(14)26)25(29,30)23(2,3)37-5)31-20-16-12-34(24(9-10-24)22(27)28)18(35)11-15(16)21(36)33(4)32-20/h6-8,11-13,22H,9-10H2,1-5H3,(H,31,32)/t13-/m1/s1. The van der Waals surface area contributed by atoms with Gasteiger partial charge in [0.15, 0.2) is 5.82 Å². The summed E-state index contributed by atoms with van der Waals surface area (Å²) in [5.74, 6) is -4.83. The molecule has 0 bridgehead atoms. The number of pyridine rings is 1. The first-order valence-electron chi connectivity index (χ1n) is 11.6. The minimum atomic E-state index is -3.67. The van der Waals surface area contributed by atoms with Gasteiger partial charge in [-0.1, -0.05) is 12.1 Å². The van der Waals surface area contributed by atoms with E-state index in [1.54, 1.807) is 0 Å². The molecule has 4 rings (SSSR count). The van der Waals surface area contributed by atoms with Crippen LogP contribution in [0.3, 0.4) is 0 Å². The average molecular weight is 527 g/mol. The molecule has 1 saturated carbocycles. The molecule has 1 N–H and O–H groups in total. The molecule has 7 nitrogen and oxygen atoms in total. The first-order chi connectivity index (χ1) is 17.2. The number of hydrogen-bond donors (Lipinski definition) is 1. The predicted molar refractivity (Wildman–Crippen MR) is 128 cm³/mol. The van der Waals surface area contributed by atoms with E-state index in [4.69, 9.17) is 4.74 Å². The van der Waals surface area contributed by atoms with Gasteiger partial charge < -0.3 is 14.6 Å². The van der Waals surface area contributed by atoms with Crippen LogP contribution in [-0.2, 0) is 23.2 Å². The number of ether oxygens (including phenoxy) is 1. The third kappa shape index (κ3) is 4.20. The van der Waals surface area contributed by atoms with Crippen LogP contribution in [0.25, 0.3) is 10.8 Å². The summed E-state index contributed by atoms with van der Waals surface area (Å²) in [6.45, 7) is 3.79. The van der Waals surface area contributed by atoms with Gasteiger partial charge in [-0.15, -0.1) is 0 Å². The van der Waals surface area contributed by atoms with Crippen molar-refractivity contribution >= 4 is 16.6 Å². The summed E-state index contributed by atoms with van der Waals surface area (Å²) in [7, 11) is 2.44. The van der Waals surface area contributed by atoms with Gasteiger partial charge in [0, 0.05) is 37.4 Å². The molecule has 2 heterocycles. The molecule has 0 saturated heterocycles. The largest absolute Gasteiger partial charge is 0.372 e. The number of rotatable bonds is 8. The Bertz CT molecular complexity index is 1480. The quantitative estimate of drug-likeness (QED) is 0.432. The zero-order chi connectivity index (χ0) is 27.5. The predicted octanol–water partition coefficient (Wildman–Crippen LogP) is 4.68. The molecule has 12 heteroatoms. The Balaban J connectivity index is 1.81. The first-order valence-corrected chi connectivity index (χ1v) is 11.6. The molecule has 0 unspecified atom stereocenters. The summed E-state index contributed by atoms with van der Waals surface area (Å²) >= 11 is 0. The molecule has 1 aliphatic carbocycles. The number of hydrogen-bond acceptors (Lipinski definition) is 5. The Labute approximate surface area is 208 Å². The van der Waals surface area contributed by atoms with Crippen LogP contribution in [0.15, 0.2) is 40.1 Å². The maximum Gasteiger partial charge on any atom is 0.303 e. The van der Waals surface area contributed by atoms with Crippen LogP contribution in [0, 0.1) is 5.82 Å². The highest BCUT2D eigenvalue weighted by atomic mass is 19.3. The van der Waals surface area contributed by atoms with Crippen LogP contribution in [-0.4, -0.2) is 33.5 Å². The van der Waals surface area contributed by atoms with Gasteiger partial charge in [0.25, 0.3) is 17.5 Å². The molecule has 1 atom stereocenters. The van der Waals surface area contributed by atoms with Gasteiger partial charge >= 0.3 is 5.92 Å². The smallest absolute Gasteiger partial charge is 0.303 e. The van der Waals surface area contributed by atoms with Crippen LogP contribution in [0.4, 0.5) is 27.8 Å². The molecule has 0 spiro atoms. The van der Waals surface area contributed by atoms with E-state index in [1.807, 2.05) is 0 Å². The van der Waals surface area contributed by atoms with Crippen molar-refractivity contribution in [3.05, 3.63) is 68.1 Å². The lowest BCUT2D eigenvalue weighted by atomic mass is 9.90. The number of alkyl halides is 4. The highest BCUT2D eigenvalue weighted by molar-refractivity contribution is 5.90. The van der Waals surface area contributed by atoms with Gasteiger partial charge in [0.05, 0.1) is 17.0 Å². The van der Waals surface area contributed by atoms with Crippen LogP contribution < -0.4 is 16.4 Å². The Morgan fingerprint density at radius 2 is 1.81 bits per heavy atom. The molecule has 1 aliphatic rings. The molecule has 0 radical (unpaired) electrons. The van der Waals surface area contributed by atoms with Crippen molar-refractivity contribution in [2.45, 2.75) is 63.1 Å². The second-order valence-corrected chi connectivity index (χ2v) is 9.85. The highest BCUT2D eigenvalue weighted by Gasteiger charge is 2.53. The Kier molecular flexibility index (Phi) is 6.46. The van der Waals surface area contributed by atoms with E-state index >= 15 is 13.2 Å². The van der Waals surface area contributed by atoms with Gasteiger partial charge in [-0.2, -0.15) is 13.9 Å². The SMILES string of the molecule is COC(C)(C)C(F)(F)c1cccc([C@@H](C)Nc2nn(C)c(=O)c3cc(=O)n(C4(C(F)F)CC4)cc23)c1F. The van der Waals surface area contributed by atoms with Gasteiger partial charge in [-0.25, -0.2) is 17.9 Å². The fourth-order valence-corrected chi connectivity index (χ4v) is 4.33. The van der Waals surface area contributed by atoms with Crippen LogP contribution in [0.1, 0.15) is 50.8 Å². The van der Waals surface area contributed by atoms with Crippen molar-refractivity contribution in [1.82, 2.24) is 14.3 Å². The van der Waals surface area contributed by atoms with Crippen LogP contribution >= 0.6 is 0 Å². The summed E-state index contributed by atoms with van der Waals surface area (Å²) in [5.41, 5.74) is -6.01. The molecule has 200 valence electrons. The molecular formula is C25H27F5N4O3. The molecule has 0 amide bonds. The lowest BCUT2D eigenvalue weighted by molar-refractivity contribution is -0.186. The maximum atomic E-state index is 15.4. The zero-order valence-corrected chi connectivity index (χ0v) is 20.9. The van der Waals surface area contributed by atoms with Gasteiger partial charge in [-0.3, -0.25) is 9.59 Å². The first kappa shape index (κ1) is 26.8. The lowest BCUT2D eigenvalue weighted by Crippen LogP contribution is -2.43. The van der Waals surface area contributed by atoms with E-state index in [0.717, 1.165) is 48.5 Å². The third-order valence-corrected chi connectivity index (χ3v) is 7.18. The highest BCUT2D eigenvalue weighted by Crippen LogP contribution is 2.48. The van der Waals surface area contributed by atoms with Gasteiger partial charge in [0.2, 0.25) is 0 Å². The van der Waals surface area contributed by atoms with Crippen molar-refractivity contribution in [2.24, 2.45) is 7.05 Å². The molecule has 2 aromatic heterocycles. The van der Waals surface area contributed by atoms with Crippen molar-refractivity contribution in [3.8, 4) is 0 Å². The van der Waals surface area contributed by atoms with Crippen molar-refractivity contribution in [2.75, 3.05) is 12.4 Å². The number of halogens is 5. The fourth-order valence-electron chi connectivity index (χ4n) is 4.33. The normalized spacial score (nSPS) is 16.3.